The summed E-state index contributed by atoms with van der Waals surface area (Å²) in [5, 5.41) is 0. The van der Waals surface area contributed by atoms with Gasteiger partial charge in [-0.3, -0.25) is 9.59 Å². The second-order valence-corrected chi connectivity index (χ2v) is 5.32. The summed E-state index contributed by atoms with van der Waals surface area (Å²) in [6.07, 6.45) is 1.65. The zero-order chi connectivity index (χ0) is 15.9. The Morgan fingerprint density at radius 1 is 0.909 bits per heavy atom. The minimum Gasteiger partial charge on any atom is -0.497 e. The molecular weight excluding hydrogens is 276 g/mol. The second kappa shape index (κ2) is 7.55. The number of ketones is 2. The van der Waals surface area contributed by atoms with E-state index >= 15 is 0 Å². The van der Waals surface area contributed by atoms with Gasteiger partial charge in [-0.2, -0.15) is 0 Å². The summed E-state index contributed by atoms with van der Waals surface area (Å²) < 4.78 is 5.10. The number of benzene rings is 2. The molecule has 2 aromatic rings. The third-order valence-electron chi connectivity index (χ3n) is 3.61. The molecule has 114 valence electrons. The van der Waals surface area contributed by atoms with Crippen LogP contribution in [0.1, 0.15) is 34.8 Å². The van der Waals surface area contributed by atoms with Crippen molar-refractivity contribution < 1.29 is 14.3 Å². The summed E-state index contributed by atoms with van der Waals surface area (Å²) in [6, 6.07) is 15.0. The molecule has 3 heteroatoms. The van der Waals surface area contributed by atoms with Gasteiger partial charge in [0.2, 0.25) is 0 Å². The number of rotatable bonds is 7. The summed E-state index contributed by atoms with van der Waals surface area (Å²) in [5.41, 5.74) is 2.78. The van der Waals surface area contributed by atoms with Gasteiger partial charge in [-0.25, -0.2) is 0 Å². The second-order valence-electron chi connectivity index (χ2n) is 5.32. The van der Waals surface area contributed by atoms with Crippen LogP contribution < -0.4 is 4.74 Å². The van der Waals surface area contributed by atoms with E-state index in [1.807, 2.05) is 48.5 Å². The van der Waals surface area contributed by atoms with Crippen LogP contribution >= 0.6 is 0 Å². The van der Waals surface area contributed by atoms with Crippen molar-refractivity contribution in [1.29, 1.82) is 0 Å². The molecule has 0 fully saturated rings. The lowest BCUT2D eigenvalue weighted by molar-refractivity contribution is -0.118. The lowest BCUT2D eigenvalue weighted by Crippen LogP contribution is -2.04. The van der Waals surface area contributed by atoms with Gasteiger partial charge >= 0.3 is 0 Å². The molecule has 3 nitrogen and oxygen atoms in total. The fourth-order valence-corrected chi connectivity index (χ4v) is 2.25. The summed E-state index contributed by atoms with van der Waals surface area (Å²) in [6.45, 7) is 1.55. The standard InChI is InChI=1S/C19H20O3/c1-14(20)17-8-3-15(4-9-17)5-10-18(21)13-16-6-11-19(22-2)12-7-16/h3-4,6-9,11-12H,5,10,13H2,1-2H3. The summed E-state index contributed by atoms with van der Waals surface area (Å²) in [7, 11) is 1.62. The Labute approximate surface area is 130 Å². The van der Waals surface area contributed by atoms with Gasteiger partial charge in [0.15, 0.2) is 5.78 Å². The molecule has 0 N–H and O–H groups in total. The average Bonchev–Trinajstić information content (AvgIpc) is 2.54. The Kier molecular flexibility index (Phi) is 5.48. The van der Waals surface area contributed by atoms with Crippen LogP contribution in [0, 0.1) is 0 Å². The van der Waals surface area contributed by atoms with Crippen LogP contribution in [0.15, 0.2) is 48.5 Å². The van der Waals surface area contributed by atoms with Gasteiger partial charge in [0.25, 0.3) is 0 Å². The molecule has 0 aliphatic heterocycles. The number of hydrogen-bond donors (Lipinski definition) is 0. The first kappa shape index (κ1) is 16.0. The first-order chi connectivity index (χ1) is 10.6. The topological polar surface area (TPSA) is 43.4 Å². The minimum atomic E-state index is 0.0575. The summed E-state index contributed by atoms with van der Waals surface area (Å²) >= 11 is 0. The van der Waals surface area contributed by atoms with Gasteiger partial charge in [-0.05, 0) is 36.6 Å². The molecular formula is C19H20O3. The molecule has 0 bridgehead atoms. The number of hydrogen-bond acceptors (Lipinski definition) is 3. The maximum atomic E-state index is 12.0. The van der Waals surface area contributed by atoms with E-state index in [0.717, 1.165) is 16.9 Å². The molecule has 0 saturated carbocycles. The summed E-state index contributed by atoms with van der Waals surface area (Å²) in [4.78, 5) is 23.2. The maximum absolute atomic E-state index is 12.0. The van der Waals surface area contributed by atoms with Crippen LogP contribution in [-0.4, -0.2) is 18.7 Å². The fourth-order valence-electron chi connectivity index (χ4n) is 2.25. The predicted octanol–water partition coefficient (Wildman–Crippen LogP) is 3.64. The van der Waals surface area contributed by atoms with E-state index in [4.69, 9.17) is 4.74 Å². The Balaban J connectivity index is 1.85. The van der Waals surface area contributed by atoms with Crippen LogP contribution in [0.3, 0.4) is 0 Å². The van der Waals surface area contributed by atoms with Gasteiger partial charge in [0.05, 0.1) is 7.11 Å². The molecule has 0 aromatic heterocycles. The van der Waals surface area contributed by atoms with Gasteiger partial charge in [-0.15, -0.1) is 0 Å². The first-order valence-corrected chi connectivity index (χ1v) is 7.33. The van der Waals surface area contributed by atoms with Crippen molar-refractivity contribution in [3.63, 3.8) is 0 Å². The number of Topliss-reactive ketones (excluding diaryl/α,β-unsaturated/α-hetero) is 2. The molecule has 0 heterocycles. The molecule has 2 aromatic carbocycles. The van der Waals surface area contributed by atoms with Crippen LogP contribution in [-0.2, 0) is 17.6 Å². The molecule has 0 amide bonds. The third-order valence-corrected chi connectivity index (χ3v) is 3.61. The van der Waals surface area contributed by atoms with E-state index in [9.17, 15) is 9.59 Å². The highest BCUT2D eigenvalue weighted by Gasteiger charge is 2.06. The quantitative estimate of drug-likeness (QED) is 0.733. The Bertz CT molecular complexity index is 639. The SMILES string of the molecule is COc1ccc(CC(=O)CCc2ccc(C(C)=O)cc2)cc1. The third kappa shape index (κ3) is 4.55. The smallest absolute Gasteiger partial charge is 0.159 e. The van der Waals surface area contributed by atoms with Gasteiger partial charge in [0, 0.05) is 18.4 Å². The molecule has 0 aliphatic rings. The number of methoxy groups -OCH3 is 1. The van der Waals surface area contributed by atoms with Crippen LogP contribution in [0.5, 0.6) is 5.75 Å². The maximum Gasteiger partial charge on any atom is 0.159 e. The molecule has 0 atom stereocenters. The molecule has 0 saturated heterocycles. The molecule has 0 unspecified atom stereocenters. The molecule has 2 rings (SSSR count). The zero-order valence-corrected chi connectivity index (χ0v) is 13.0. The average molecular weight is 296 g/mol. The molecule has 0 aliphatic carbocycles. The number of ether oxygens (including phenoxy) is 1. The van der Waals surface area contributed by atoms with Crippen molar-refractivity contribution in [3.05, 3.63) is 65.2 Å². The fraction of sp³-hybridized carbons (Fsp3) is 0.263. The van der Waals surface area contributed by atoms with Gasteiger partial charge < -0.3 is 4.74 Å². The van der Waals surface area contributed by atoms with Crippen molar-refractivity contribution in [2.75, 3.05) is 7.11 Å². The zero-order valence-electron chi connectivity index (χ0n) is 13.0. The van der Waals surface area contributed by atoms with Gasteiger partial charge in [0.1, 0.15) is 11.5 Å². The van der Waals surface area contributed by atoms with Crippen molar-refractivity contribution in [2.45, 2.75) is 26.2 Å². The molecule has 0 spiro atoms. The van der Waals surface area contributed by atoms with Crippen molar-refractivity contribution >= 4 is 11.6 Å². The van der Waals surface area contributed by atoms with E-state index < -0.39 is 0 Å². The Morgan fingerprint density at radius 3 is 2.05 bits per heavy atom. The highest BCUT2D eigenvalue weighted by atomic mass is 16.5. The van der Waals surface area contributed by atoms with Crippen LogP contribution in [0.25, 0.3) is 0 Å². The molecule has 0 radical (unpaired) electrons. The van der Waals surface area contributed by atoms with E-state index in [-0.39, 0.29) is 11.6 Å². The number of aryl methyl sites for hydroxylation is 1. The van der Waals surface area contributed by atoms with Crippen molar-refractivity contribution in [2.24, 2.45) is 0 Å². The van der Waals surface area contributed by atoms with E-state index in [0.29, 0.717) is 24.8 Å². The monoisotopic (exact) mass is 296 g/mol. The van der Waals surface area contributed by atoms with Gasteiger partial charge in [-0.1, -0.05) is 36.4 Å². The lowest BCUT2D eigenvalue weighted by atomic mass is 10.0. The highest BCUT2D eigenvalue weighted by molar-refractivity contribution is 5.94. The highest BCUT2D eigenvalue weighted by Crippen LogP contribution is 2.13. The molecule has 22 heavy (non-hydrogen) atoms. The minimum absolute atomic E-state index is 0.0575. The van der Waals surface area contributed by atoms with Crippen molar-refractivity contribution in [1.82, 2.24) is 0 Å². The predicted molar refractivity (Wildman–Crippen MR) is 86.5 cm³/mol. The number of carbonyl (C=O) groups is 2. The number of carbonyl (C=O) groups excluding carboxylic acids is 2. The normalized spacial score (nSPS) is 10.3. The van der Waals surface area contributed by atoms with E-state index in [1.165, 1.54) is 0 Å². The van der Waals surface area contributed by atoms with E-state index in [1.54, 1.807) is 14.0 Å². The van der Waals surface area contributed by atoms with E-state index in [2.05, 4.69) is 0 Å². The van der Waals surface area contributed by atoms with Crippen LogP contribution in [0.2, 0.25) is 0 Å². The Hall–Kier alpha value is -2.42. The largest absolute Gasteiger partial charge is 0.497 e. The first-order valence-electron chi connectivity index (χ1n) is 7.33. The van der Waals surface area contributed by atoms with Crippen molar-refractivity contribution in [3.8, 4) is 5.75 Å². The Morgan fingerprint density at radius 2 is 1.50 bits per heavy atom. The summed E-state index contributed by atoms with van der Waals surface area (Å²) in [5.74, 6) is 1.06. The lowest BCUT2D eigenvalue weighted by Gasteiger charge is -2.04. The van der Waals surface area contributed by atoms with Crippen LogP contribution in [0.4, 0.5) is 0 Å².